The van der Waals surface area contributed by atoms with E-state index in [4.69, 9.17) is 14.2 Å². The molecule has 0 amide bonds. The molecule has 56 heavy (non-hydrogen) atoms. The molecule has 0 radical (unpaired) electrons. The molecule has 0 saturated heterocycles. The van der Waals surface area contributed by atoms with Gasteiger partial charge in [-0.1, -0.05) is 184 Å². The van der Waals surface area contributed by atoms with E-state index in [0.29, 0.717) is 19.3 Å². The summed E-state index contributed by atoms with van der Waals surface area (Å²) >= 11 is 0. The number of esters is 2. The van der Waals surface area contributed by atoms with E-state index in [1.807, 2.05) is 57.6 Å². The standard InChI is InChI=1S/C48H83NO7/c1-6-8-10-12-14-16-18-20-22-23-24-25-27-28-30-32-34-36-38-46(50)55-43-44(42-54-41-40-45(48(52)53)49(3,4)5)56-47(51)39-37-35-33-31-29-26-21-19-17-15-13-11-9-7-2/h10,12,14,16,18,20,22-25,44-45H,6-9,11,13,15,17,19,21,26-43H2,1-5H3/p+1/b12-10+,16-14+,20-18+,23-22+,25-24+. The Bertz CT molecular complexity index is 1100. The van der Waals surface area contributed by atoms with Gasteiger partial charge in [0.05, 0.1) is 34.4 Å². The van der Waals surface area contributed by atoms with Crippen molar-refractivity contribution in [3.05, 3.63) is 60.8 Å². The fourth-order valence-electron chi connectivity index (χ4n) is 6.30. The molecule has 0 spiro atoms. The molecule has 322 valence electrons. The van der Waals surface area contributed by atoms with Gasteiger partial charge in [0.2, 0.25) is 0 Å². The molecule has 0 heterocycles. The molecule has 8 heteroatoms. The molecule has 0 aliphatic heterocycles. The van der Waals surface area contributed by atoms with Crippen LogP contribution in [0.5, 0.6) is 0 Å². The number of unbranched alkanes of at least 4 members (excludes halogenated alkanes) is 19. The minimum absolute atomic E-state index is 0.0521. The third kappa shape index (κ3) is 36.7. The van der Waals surface area contributed by atoms with Crippen molar-refractivity contribution in [2.45, 2.75) is 187 Å². The third-order valence-electron chi connectivity index (χ3n) is 9.78. The van der Waals surface area contributed by atoms with E-state index in [-0.39, 0.29) is 36.2 Å². The SMILES string of the molecule is CCC/C=C/C=C/C=C/C=C/C=C/CCCCCCCC(=O)OCC(COCCC(C(=O)O)[N+](C)(C)C)OC(=O)CCCCCCCCCCCCCCCC. The number of hydrogen-bond donors (Lipinski definition) is 1. The maximum absolute atomic E-state index is 12.7. The van der Waals surface area contributed by atoms with Crippen LogP contribution in [0.15, 0.2) is 60.8 Å². The number of nitrogens with zero attached hydrogens (tertiary/aromatic N) is 1. The highest BCUT2D eigenvalue weighted by atomic mass is 16.6. The first-order valence-electron chi connectivity index (χ1n) is 22.4. The fraction of sp³-hybridized carbons (Fsp3) is 0.729. The lowest BCUT2D eigenvalue weighted by molar-refractivity contribution is -0.887. The van der Waals surface area contributed by atoms with Gasteiger partial charge in [-0.25, -0.2) is 4.79 Å². The minimum Gasteiger partial charge on any atom is -0.477 e. The Balaban J connectivity index is 4.39. The van der Waals surface area contributed by atoms with Crippen LogP contribution in [0.2, 0.25) is 0 Å². The van der Waals surface area contributed by atoms with Gasteiger partial charge in [0.1, 0.15) is 6.61 Å². The van der Waals surface area contributed by atoms with Crippen molar-refractivity contribution in [2.24, 2.45) is 0 Å². The summed E-state index contributed by atoms with van der Waals surface area (Å²) < 4.78 is 17.3. The summed E-state index contributed by atoms with van der Waals surface area (Å²) in [6, 6.07) is -0.619. The Hall–Kier alpha value is -2.97. The van der Waals surface area contributed by atoms with Crippen LogP contribution in [-0.2, 0) is 28.6 Å². The largest absolute Gasteiger partial charge is 0.477 e. The number of carbonyl (C=O) groups is 3. The number of carbonyl (C=O) groups excluding carboxylic acids is 2. The van der Waals surface area contributed by atoms with Crippen molar-refractivity contribution >= 4 is 17.9 Å². The molecular weight excluding hydrogens is 703 g/mol. The van der Waals surface area contributed by atoms with Gasteiger partial charge < -0.3 is 23.8 Å². The van der Waals surface area contributed by atoms with E-state index in [9.17, 15) is 19.5 Å². The van der Waals surface area contributed by atoms with E-state index in [1.54, 1.807) is 0 Å². The van der Waals surface area contributed by atoms with Gasteiger partial charge in [-0.15, -0.1) is 0 Å². The molecule has 8 nitrogen and oxygen atoms in total. The van der Waals surface area contributed by atoms with Crippen LogP contribution in [0, 0.1) is 0 Å². The normalized spacial score (nSPS) is 13.5. The predicted octanol–water partition coefficient (Wildman–Crippen LogP) is 12.2. The van der Waals surface area contributed by atoms with Gasteiger partial charge in [0.15, 0.2) is 12.1 Å². The van der Waals surface area contributed by atoms with Crippen LogP contribution in [0.25, 0.3) is 0 Å². The summed E-state index contributed by atoms with van der Waals surface area (Å²) in [5, 5.41) is 9.62. The summed E-state index contributed by atoms with van der Waals surface area (Å²) in [6.45, 7) is 4.62. The Labute approximate surface area is 343 Å². The maximum Gasteiger partial charge on any atom is 0.362 e. The second-order valence-electron chi connectivity index (χ2n) is 16.1. The van der Waals surface area contributed by atoms with Crippen molar-refractivity contribution < 1.29 is 38.2 Å². The van der Waals surface area contributed by atoms with Crippen LogP contribution in [0.3, 0.4) is 0 Å². The summed E-state index contributed by atoms with van der Waals surface area (Å²) in [4.78, 5) is 37.0. The maximum atomic E-state index is 12.7. The van der Waals surface area contributed by atoms with Crippen LogP contribution in [0.1, 0.15) is 174 Å². The van der Waals surface area contributed by atoms with E-state index in [0.717, 1.165) is 64.2 Å². The molecule has 0 aliphatic carbocycles. The van der Waals surface area contributed by atoms with Gasteiger partial charge >= 0.3 is 17.9 Å². The van der Waals surface area contributed by atoms with Crippen molar-refractivity contribution in [3.8, 4) is 0 Å². The first kappa shape index (κ1) is 53.0. The molecule has 0 fully saturated rings. The van der Waals surface area contributed by atoms with Crippen LogP contribution in [-0.4, -0.2) is 80.6 Å². The van der Waals surface area contributed by atoms with E-state index < -0.39 is 18.1 Å². The Morgan fingerprint density at radius 3 is 1.46 bits per heavy atom. The van der Waals surface area contributed by atoms with Gasteiger partial charge in [0.25, 0.3) is 0 Å². The van der Waals surface area contributed by atoms with Crippen LogP contribution in [0.4, 0.5) is 0 Å². The molecule has 1 N–H and O–H groups in total. The highest BCUT2D eigenvalue weighted by Crippen LogP contribution is 2.15. The highest BCUT2D eigenvalue weighted by molar-refractivity contribution is 5.72. The number of aliphatic carboxylic acids is 1. The number of quaternary nitrogens is 1. The van der Waals surface area contributed by atoms with Gasteiger partial charge in [-0.2, -0.15) is 0 Å². The van der Waals surface area contributed by atoms with E-state index in [1.165, 1.54) is 77.0 Å². The quantitative estimate of drug-likeness (QED) is 0.0287. The van der Waals surface area contributed by atoms with Crippen molar-refractivity contribution in [2.75, 3.05) is 41.0 Å². The third-order valence-corrected chi connectivity index (χ3v) is 9.78. The minimum atomic E-state index is -0.880. The van der Waals surface area contributed by atoms with Gasteiger partial charge in [-0.05, 0) is 32.1 Å². The molecule has 2 atom stereocenters. The second-order valence-corrected chi connectivity index (χ2v) is 16.1. The van der Waals surface area contributed by atoms with Crippen molar-refractivity contribution in [1.29, 1.82) is 0 Å². The first-order chi connectivity index (χ1) is 27.1. The highest BCUT2D eigenvalue weighted by Gasteiger charge is 2.31. The number of carboxylic acid groups (broad SMARTS) is 1. The fourth-order valence-corrected chi connectivity index (χ4v) is 6.30. The van der Waals surface area contributed by atoms with Crippen molar-refractivity contribution in [1.82, 2.24) is 0 Å². The van der Waals surface area contributed by atoms with Crippen molar-refractivity contribution in [3.63, 3.8) is 0 Å². The average Bonchev–Trinajstić information content (AvgIpc) is 3.15. The lowest BCUT2D eigenvalue weighted by atomic mass is 10.0. The molecule has 0 bridgehead atoms. The number of likely N-dealkylation sites (N-methyl/N-ethyl adjacent to an activating group) is 1. The molecule has 0 saturated carbocycles. The molecule has 0 aromatic carbocycles. The summed E-state index contributed by atoms with van der Waals surface area (Å²) in [6.07, 6.45) is 46.8. The Morgan fingerprint density at radius 2 is 0.982 bits per heavy atom. The molecule has 0 rings (SSSR count). The lowest BCUT2D eigenvalue weighted by Gasteiger charge is -2.31. The number of ether oxygens (including phenoxy) is 3. The average molecular weight is 787 g/mol. The molecule has 0 aromatic rings. The lowest BCUT2D eigenvalue weighted by Crippen LogP contribution is -2.50. The zero-order chi connectivity index (χ0) is 41.4. The number of carboxylic acids is 1. The van der Waals surface area contributed by atoms with E-state index in [2.05, 4.69) is 38.2 Å². The zero-order valence-corrected chi connectivity index (χ0v) is 36.6. The molecule has 0 aromatic heterocycles. The Morgan fingerprint density at radius 1 is 0.536 bits per heavy atom. The van der Waals surface area contributed by atoms with Crippen LogP contribution >= 0.6 is 0 Å². The first-order valence-corrected chi connectivity index (χ1v) is 22.4. The smallest absolute Gasteiger partial charge is 0.362 e. The van der Waals surface area contributed by atoms with Gasteiger partial charge in [-0.3, -0.25) is 9.59 Å². The second kappa shape index (κ2) is 38.9. The predicted molar refractivity (Wildman–Crippen MR) is 234 cm³/mol. The number of allylic oxidation sites excluding steroid dienone is 10. The molecular formula is C48H84NO7+. The molecule has 0 aliphatic rings. The number of rotatable bonds is 39. The van der Waals surface area contributed by atoms with E-state index >= 15 is 0 Å². The molecule has 2 unspecified atom stereocenters. The zero-order valence-electron chi connectivity index (χ0n) is 36.6. The van der Waals surface area contributed by atoms with Crippen LogP contribution < -0.4 is 0 Å². The Kier molecular flexibility index (Phi) is 36.8. The summed E-state index contributed by atoms with van der Waals surface area (Å²) in [7, 11) is 5.52. The monoisotopic (exact) mass is 787 g/mol. The summed E-state index contributed by atoms with van der Waals surface area (Å²) in [5.74, 6) is -1.50. The summed E-state index contributed by atoms with van der Waals surface area (Å²) in [5.41, 5.74) is 0. The van der Waals surface area contributed by atoms with Gasteiger partial charge in [0, 0.05) is 19.3 Å². The number of hydrogen-bond acceptors (Lipinski definition) is 6. The topological polar surface area (TPSA) is 99.1 Å².